The Morgan fingerprint density at radius 2 is 1.68 bits per heavy atom. The molecule has 1 N–H and O–H groups in total. The molecule has 3 heterocycles. The fourth-order valence-electron chi connectivity index (χ4n) is 4.88. The maximum Gasteiger partial charge on any atom is 0.257 e. The average Bonchev–Trinajstić information content (AvgIpc) is 3.21. The number of ether oxygens (including phenoxy) is 1. The number of aromatic nitrogens is 1. The first-order valence-electron chi connectivity index (χ1n) is 12.0. The Kier molecular flexibility index (Phi) is 7.06. The monoisotopic (exact) mass is 476 g/mol. The second-order valence-corrected chi connectivity index (χ2v) is 10.5. The molecule has 1 amide bonds. The number of benzene rings is 2. The summed E-state index contributed by atoms with van der Waals surface area (Å²) >= 11 is 1.60. The molecule has 0 bridgehead atoms. The standard InChI is InChI=1S/C27H32N4O2S/c1-19-14-31(15-20(2)33-19)17-22-8-10-23(11-9-22)26(32)29-27-28-24-12-13-30(18-25(24)34-27)16-21-6-4-3-5-7-21/h3-11,19-20H,12-18H2,1-2H3,(H,28,29,32). The number of hydrogen-bond acceptors (Lipinski definition) is 6. The summed E-state index contributed by atoms with van der Waals surface area (Å²) in [5.41, 5.74) is 4.31. The minimum atomic E-state index is -0.104. The SMILES string of the molecule is CC1CN(Cc2ccc(C(=O)Nc3nc4c(s3)CN(Cc3ccccc3)CC4)cc2)CC(C)O1. The third-order valence-corrected chi connectivity index (χ3v) is 7.40. The Balaban J connectivity index is 1.17. The predicted octanol–water partition coefficient (Wildman–Crippen LogP) is 4.56. The van der Waals surface area contributed by atoms with E-state index in [0.717, 1.165) is 51.4 Å². The van der Waals surface area contributed by atoms with Crippen LogP contribution in [0.5, 0.6) is 0 Å². The molecule has 0 spiro atoms. The molecular weight excluding hydrogens is 444 g/mol. The van der Waals surface area contributed by atoms with Crippen molar-refractivity contribution < 1.29 is 9.53 Å². The summed E-state index contributed by atoms with van der Waals surface area (Å²) in [6, 6.07) is 18.5. The molecule has 1 aromatic heterocycles. The summed E-state index contributed by atoms with van der Waals surface area (Å²) in [7, 11) is 0. The van der Waals surface area contributed by atoms with Gasteiger partial charge in [-0.3, -0.25) is 19.9 Å². The quantitative estimate of drug-likeness (QED) is 0.565. The summed E-state index contributed by atoms with van der Waals surface area (Å²) in [5, 5.41) is 3.71. The lowest BCUT2D eigenvalue weighted by Crippen LogP contribution is -2.44. The smallest absolute Gasteiger partial charge is 0.257 e. The van der Waals surface area contributed by atoms with Gasteiger partial charge >= 0.3 is 0 Å². The minimum absolute atomic E-state index is 0.104. The molecule has 1 saturated heterocycles. The van der Waals surface area contributed by atoms with Crippen LogP contribution in [0.3, 0.4) is 0 Å². The molecule has 1 fully saturated rings. The first-order valence-corrected chi connectivity index (χ1v) is 12.9. The third-order valence-electron chi connectivity index (χ3n) is 6.40. The van der Waals surface area contributed by atoms with Gasteiger partial charge in [0.2, 0.25) is 0 Å². The Labute approximate surface area is 205 Å². The second kappa shape index (κ2) is 10.4. The van der Waals surface area contributed by atoms with Gasteiger partial charge in [-0.05, 0) is 37.1 Å². The molecule has 2 aromatic carbocycles. The molecule has 5 rings (SSSR count). The van der Waals surface area contributed by atoms with Crippen molar-refractivity contribution in [2.75, 3.05) is 25.0 Å². The minimum Gasteiger partial charge on any atom is -0.373 e. The molecule has 3 aromatic rings. The van der Waals surface area contributed by atoms with Crippen LogP contribution in [-0.4, -0.2) is 52.5 Å². The van der Waals surface area contributed by atoms with Gasteiger partial charge < -0.3 is 4.74 Å². The van der Waals surface area contributed by atoms with Gasteiger partial charge in [0.1, 0.15) is 0 Å². The van der Waals surface area contributed by atoms with Crippen LogP contribution in [-0.2, 0) is 30.8 Å². The number of anilines is 1. The van der Waals surface area contributed by atoms with Crippen molar-refractivity contribution in [3.63, 3.8) is 0 Å². The molecule has 2 aliphatic heterocycles. The fraction of sp³-hybridized carbons (Fsp3) is 0.407. The summed E-state index contributed by atoms with van der Waals surface area (Å²) in [4.78, 5) is 23.7. The summed E-state index contributed by atoms with van der Waals surface area (Å²) in [6.45, 7) is 9.79. The average molecular weight is 477 g/mol. The first kappa shape index (κ1) is 23.2. The van der Waals surface area contributed by atoms with E-state index in [2.05, 4.69) is 59.3 Å². The topological polar surface area (TPSA) is 57.7 Å². The molecule has 0 radical (unpaired) electrons. The predicted molar refractivity (Wildman–Crippen MR) is 136 cm³/mol. The van der Waals surface area contributed by atoms with Crippen LogP contribution in [0.15, 0.2) is 54.6 Å². The number of rotatable bonds is 6. The fourth-order valence-corrected chi connectivity index (χ4v) is 5.93. The number of fused-ring (bicyclic) bond motifs is 1. The van der Waals surface area contributed by atoms with Gasteiger partial charge in [-0.2, -0.15) is 0 Å². The van der Waals surface area contributed by atoms with E-state index in [-0.39, 0.29) is 18.1 Å². The van der Waals surface area contributed by atoms with E-state index in [1.54, 1.807) is 11.3 Å². The van der Waals surface area contributed by atoms with Crippen molar-refractivity contribution in [2.24, 2.45) is 0 Å². The Morgan fingerprint density at radius 1 is 1.00 bits per heavy atom. The molecule has 2 unspecified atom stereocenters. The molecular formula is C27H32N4O2S. The normalized spacial score (nSPS) is 21.2. The molecule has 6 nitrogen and oxygen atoms in total. The van der Waals surface area contributed by atoms with Gasteiger partial charge in [0.15, 0.2) is 5.13 Å². The van der Waals surface area contributed by atoms with Gasteiger partial charge in [-0.1, -0.05) is 42.5 Å². The van der Waals surface area contributed by atoms with Crippen molar-refractivity contribution in [1.29, 1.82) is 0 Å². The van der Waals surface area contributed by atoms with Crippen LogP contribution >= 0.6 is 11.3 Å². The largest absolute Gasteiger partial charge is 0.373 e. The highest BCUT2D eigenvalue weighted by molar-refractivity contribution is 7.15. The van der Waals surface area contributed by atoms with Crippen LogP contribution in [0.2, 0.25) is 0 Å². The highest BCUT2D eigenvalue weighted by atomic mass is 32.1. The number of thiazole rings is 1. The van der Waals surface area contributed by atoms with Gasteiger partial charge in [-0.25, -0.2) is 4.98 Å². The summed E-state index contributed by atoms with van der Waals surface area (Å²) in [5.74, 6) is -0.104. The van der Waals surface area contributed by atoms with Gasteiger partial charge in [-0.15, -0.1) is 11.3 Å². The molecule has 34 heavy (non-hydrogen) atoms. The van der Waals surface area contributed by atoms with Gasteiger partial charge in [0.05, 0.1) is 17.9 Å². The van der Waals surface area contributed by atoms with Crippen molar-refractivity contribution in [3.8, 4) is 0 Å². The third kappa shape index (κ3) is 5.73. The van der Waals surface area contributed by atoms with Crippen molar-refractivity contribution >= 4 is 22.4 Å². The number of carbonyl (C=O) groups is 1. The molecule has 7 heteroatoms. The number of carbonyl (C=O) groups excluding carboxylic acids is 1. The van der Waals surface area contributed by atoms with E-state index in [1.807, 2.05) is 24.3 Å². The Bertz CT molecular complexity index is 1110. The lowest BCUT2D eigenvalue weighted by molar-refractivity contribution is -0.0704. The molecule has 2 atom stereocenters. The van der Waals surface area contributed by atoms with Crippen LogP contribution in [0, 0.1) is 0 Å². The van der Waals surface area contributed by atoms with Gasteiger partial charge in [0, 0.05) is 56.1 Å². The molecule has 178 valence electrons. The van der Waals surface area contributed by atoms with Gasteiger partial charge in [0.25, 0.3) is 5.91 Å². The van der Waals surface area contributed by atoms with E-state index in [9.17, 15) is 4.79 Å². The second-order valence-electron chi connectivity index (χ2n) is 9.44. The first-order chi connectivity index (χ1) is 16.5. The van der Waals surface area contributed by atoms with E-state index in [0.29, 0.717) is 10.7 Å². The number of morpholine rings is 1. The van der Waals surface area contributed by atoms with Crippen molar-refractivity contribution in [1.82, 2.24) is 14.8 Å². The van der Waals surface area contributed by atoms with Crippen LogP contribution in [0.1, 0.15) is 45.9 Å². The van der Waals surface area contributed by atoms with E-state index < -0.39 is 0 Å². The summed E-state index contributed by atoms with van der Waals surface area (Å²) < 4.78 is 5.82. The van der Waals surface area contributed by atoms with Crippen molar-refractivity contribution in [2.45, 2.75) is 52.1 Å². The number of hydrogen-bond donors (Lipinski definition) is 1. The Hall–Kier alpha value is -2.58. The van der Waals surface area contributed by atoms with Crippen LogP contribution in [0.4, 0.5) is 5.13 Å². The molecule has 0 saturated carbocycles. The lowest BCUT2D eigenvalue weighted by atomic mass is 10.1. The maximum atomic E-state index is 12.8. The summed E-state index contributed by atoms with van der Waals surface area (Å²) in [6.07, 6.45) is 1.42. The van der Waals surface area contributed by atoms with E-state index >= 15 is 0 Å². The zero-order chi connectivity index (χ0) is 23.5. The van der Waals surface area contributed by atoms with E-state index in [4.69, 9.17) is 9.72 Å². The number of amides is 1. The maximum absolute atomic E-state index is 12.8. The van der Waals surface area contributed by atoms with Crippen LogP contribution < -0.4 is 5.32 Å². The number of nitrogens with zero attached hydrogens (tertiary/aromatic N) is 3. The van der Waals surface area contributed by atoms with Crippen LogP contribution in [0.25, 0.3) is 0 Å². The van der Waals surface area contributed by atoms with E-state index in [1.165, 1.54) is 16.0 Å². The molecule has 2 aliphatic rings. The highest BCUT2D eigenvalue weighted by Crippen LogP contribution is 2.29. The Morgan fingerprint density at radius 3 is 2.41 bits per heavy atom. The zero-order valence-electron chi connectivity index (χ0n) is 19.9. The number of nitrogens with one attached hydrogen (secondary N) is 1. The zero-order valence-corrected chi connectivity index (χ0v) is 20.7. The van der Waals surface area contributed by atoms with Crippen molar-refractivity contribution in [3.05, 3.63) is 81.9 Å². The lowest BCUT2D eigenvalue weighted by Gasteiger charge is -2.35. The molecule has 0 aliphatic carbocycles. The highest BCUT2D eigenvalue weighted by Gasteiger charge is 2.23.